The van der Waals surface area contributed by atoms with Crippen LogP contribution in [0.2, 0.25) is 0 Å². The van der Waals surface area contributed by atoms with Crippen LogP contribution in [0.1, 0.15) is 48.9 Å². The highest BCUT2D eigenvalue weighted by Gasteiger charge is 2.38. The number of alkyl halides is 3. The number of nitrogens with zero attached hydrogens (tertiary/aromatic N) is 4. The minimum absolute atomic E-state index is 0.0657. The van der Waals surface area contributed by atoms with Gasteiger partial charge in [0.2, 0.25) is 5.91 Å². The summed E-state index contributed by atoms with van der Waals surface area (Å²) in [5, 5.41) is 13.9. The summed E-state index contributed by atoms with van der Waals surface area (Å²) in [6.07, 6.45) is -1.68. The van der Waals surface area contributed by atoms with Crippen molar-refractivity contribution in [2.75, 3.05) is 26.3 Å². The second-order valence-corrected chi connectivity index (χ2v) is 7.93. The summed E-state index contributed by atoms with van der Waals surface area (Å²) in [5.74, 6) is -0.520. The van der Waals surface area contributed by atoms with Crippen molar-refractivity contribution in [3.8, 4) is 11.8 Å². The molecule has 34 heavy (non-hydrogen) atoms. The highest BCUT2D eigenvalue weighted by Crippen LogP contribution is 2.33. The Balaban J connectivity index is 1.39. The van der Waals surface area contributed by atoms with E-state index < -0.39 is 29.2 Å². The van der Waals surface area contributed by atoms with Crippen molar-refractivity contribution in [1.29, 1.82) is 5.26 Å². The average Bonchev–Trinajstić information content (AvgIpc) is 2.81. The smallest absolute Gasteiger partial charge is 0.425 e. The van der Waals surface area contributed by atoms with Crippen molar-refractivity contribution < 1.29 is 27.4 Å². The number of likely N-dealkylation sites (tertiary alicyclic amines) is 1. The highest BCUT2D eigenvalue weighted by atomic mass is 19.4. The molecule has 0 saturated carbocycles. The van der Waals surface area contributed by atoms with Crippen LogP contribution in [0.15, 0.2) is 29.3 Å². The van der Waals surface area contributed by atoms with Gasteiger partial charge in [-0.15, -0.1) is 0 Å². The molecule has 9 nitrogen and oxygen atoms in total. The van der Waals surface area contributed by atoms with Crippen LogP contribution in [0, 0.1) is 11.3 Å². The zero-order chi connectivity index (χ0) is 24.7. The summed E-state index contributed by atoms with van der Waals surface area (Å²) >= 11 is 0. The zero-order valence-electron chi connectivity index (χ0n) is 18.5. The third-order valence-electron chi connectivity index (χ3n) is 5.43. The molecule has 2 aromatic heterocycles. The van der Waals surface area contributed by atoms with Crippen molar-refractivity contribution in [2.45, 2.75) is 44.4 Å². The molecule has 3 heterocycles. The number of halogens is 3. The lowest BCUT2D eigenvalue weighted by Gasteiger charge is -2.31. The SMILES string of the molecule is C[C@@H](COCCC(=O)N1CCC(c2ccc(C#N)cn2)CC1)Oc1cn[nH]c(=O)c1C(F)(F)F. The Hall–Kier alpha value is -3.46. The second-order valence-electron chi connectivity index (χ2n) is 7.93. The molecule has 0 spiro atoms. The third kappa shape index (κ3) is 6.54. The van der Waals surface area contributed by atoms with Gasteiger partial charge in [-0.25, -0.2) is 5.10 Å². The van der Waals surface area contributed by atoms with Crippen LogP contribution in [-0.2, 0) is 15.7 Å². The normalized spacial score (nSPS) is 15.6. The number of hydrogen-bond acceptors (Lipinski definition) is 7. The van der Waals surface area contributed by atoms with Crippen molar-refractivity contribution in [1.82, 2.24) is 20.1 Å². The molecule has 1 aliphatic rings. The number of rotatable bonds is 8. The Labute approximate surface area is 193 Å². The van der Waals surface area contributed by atoms with E-state index in [1.807, 2.05) is 12.1 Å². The summed E-state index contributed by atoms with van der Waals surface area (Å²) in [6, 6.07) is 5.61. The molecule has 0 unspecified atom stereocenters. The van der Waals surface area contributed by atoms with Crippen LogP contribution < -0.4 is 10.3 Å². The molecule has 0 aromatic carbocycles. The number of nitriles is 1. The van der Waals surface area contributed by atoms with Crippen LogP contribution in [0.4, 0.5) is 13.2 Å². The molecule has 1 saturated heterocycles. The Bertz CT molecular complexity index is 1070. The van der Waals surface area contributed by atoms with Gasteiger partial charge in [-0.3, -0.25) is 14.6 Å². The van der Waals surface area contributed by atoms with Crippen molar-refractivity contribution in [3.05, 3.63) is 51.7 Å². The number of piperidine rings is 1. The van der Waals surface area contributed by atoms with Gasteiger partial charge >= 0.3 is 6.18 Å². The van der Waals surface area contributed by atoms with Crippen LogP contribution >= 0.6 is 0 Å². The first kappa shape index (κ1) is 25.2. The molecule has 182 valence electrons. The van der Waals surface area contributed by atoms with Crippen molar-refractivity contribution in [3.63, 3.8) is 0 Å². The Morgan fingerprint density at radius 2 is 2.06 bits per heavy atom. The molecule has 12 heteroatoms. The maximum atomic E-state index is 13.1. The predicted molar refractivity (Wildman–Crippen MR) is 113 cm³/mol. The van der Waals surface area contributed by atoms with Gasteiger partial charge in [-0.05, 0) is 31.9 Å². The van der Waals surface area contributed by atoms with E-state index in [0.29, 0.717) is 18.7 Å². The minimum Gasteiger partial charge on any atom is -0.486 e. The summed E-state index contributed by atoms with van der Waals surface area (Å²) in [7, 11) is 0. The van der Waals surface area contributed by atoms with Crippen LogP contribution in [0.25, 0.3) is 0 Å². The lowest BCUT2D eigenvalue weighted by Crippen LogP contribution is -2.38. The van der Waals surface area contributed by atoms with E-state index in [2.05, 4.69) is 10.1 Å². The molecule has 1 amide bonds. The van der Waals surface area contributed by atoms with Gasteiger partial charge in [0.05, 0.1) is 31.4 Å². The molecule has 1 aliphatic heterocycles. The largest absolute Gasteiger partial charge is 0.486 e. The van der Waals surface area contributed by atoms with E-state index in [1.165, 1.54) is 6.92 Å². The number of hydrogen-bond donors (Lipinski definition) is 1. The minimum atomic E-state index is -4.89. The lowest BCUT2D eigenvalue weighted by molar-refractivity contribution is -0.141. The van der Waals surface area contributed by atoms with Gasteiger partial charge in [0, 0.05) is 30.9 Å². The fourth-order valence-corrected chi connectivity index (χ4v) is 3.69. The number of carbonyl (C=O) groups is 1. The Kier molecular flexibility index (Phi) is 8.22. The van der Waals surface area contributed by atoms with E-state index in [4.69, 9.17) is 14.7 Å². The van der Waals surface area contributed by atoms with E-state index in [0.717, 1.165) is 24.7 Å². The summed E-state index contributed by atoms with van der Waals surface area (Å²) in [6.45, 7) is 2.68. The molecular formula is C22H24F3N5O4. The number of amides is 1. The van der Waals surface area contributed by atoms with Gasteiger partial charge < -0.3 is 14.4 Å². The number of nitrogens with one attached hydrogen (secondary N) is 1. The van der Waals surface area contributed by atoms with E-state index in [-0.39, 0.29) is 31.5 Å². The fourth-order valence-electron chi connectivity index (χ4n) is 3.69. The fraction of sp³-hybridized carbons (Fsp3) is 0.500. The first-order chi connectivity index (χ1) is 16.2. The topological polar surface area (TPSA) is 121 Å². The van der Waals surface area contributed by atoms with Gasteiger partial charge in [-0.2, -0.15) is 23.5 Å². The summed E-state index contributed by atoms with van der Waals surface area (Å²) < 4.78 is 49.8. The number of pyridine rings is 1. The maximum absolute atomic E-state index is 13.1. The molecule has 0 bridgehead atoms. The first-order valence-corrected chi connectivity index (χ1v) is 10.7. The van der Waals surface area contributed by atoms with Gasteiger partial charge in [-0.1, -0.05) is 0 Å². The van der Waals surface area contributed by atoms with Crippen LogP contribution in [-0.4, -0.2) is 58.4 Å². The molecule has 3 rings (SSSR count). The van der Waals surface area contributed by atoms with E-state index in [1.54, 1.807) is 22.3 Å². The van der Waals surface area contributed by atoms with Crippen LogP contribution in [0.5, 0.6) is 5.75 Å². The molecular weight excluding hydrogens is 455 g/mol. The molecule has 1 atom stereocenters. The Morgan fingerprint density at radius 1 is 1.32 bits per heavy atom. The first-order valence-electron chi connectivity index (χ1n) is 10.7. The third-order valence-corrected chi connectivity index (χ3v) is 5.43. The number of aromatic amines is 1. The zero-order valence-corrected chi connectivity index (χ0v) is 18.5. The lowest BCUT2D eigenvalue weighted by atomic mass is 9.92. The maximum Gasteiger partial charge on any atom is 0.425 e. The van der Waals surface area contributed by atoms with E-state index in [9.17, 15) is 22.8 Å². The monoisotopic (exact) mass is 479 g/mol. The predicted octanol–water partition coefficient (Wildman–Crippen LogP) is 2.64. The molecule has 0 radical (unpaired) electrons. The number of ether oxygens (including phenoxy) is 2. The second kappa shape index (κ2) is 11.1. The highest BCUT2D eigenvalue weighted by molar-refractivity contribution is 5.76. The summed E-state index contributed by atoms with van der Waals surface area (Å²) in [4.78, 5) is 30.0. The summed E-state index contributed by atoms with van der Waals surface area (Å²) in [5.41, 5.74) is -1.43. The van der Waals surface area contributed by atoms with Gasteiger partial charge in [0.15, 0.2) is 11.3 Å². The van der Waals surface area contributed by atoms with Gasteiger partial charge in [0.25, 0.3) is 5.56 Å². The van der Waals surface area contributed by atoms with E-state index >= 15 is 0 Å². The van der Waals surface area contributed by atoms with Crippen LogP contribution in [0.3, 0.4) is 0 Å². The number of H-pyrrole nitrogens is 1. The molecule has 0 aliphatic carbocycles. The molecule has 1 N–H and O–H groups in total. The number of carbonyl (C=O) groups excluding carboxylic acids is 1. The molecule has 1 fully saturated rings. The average molecular weight is 479 g/mol. The standard InChI is InChI=1S/C22H24F3N5O4/c1-14(34-18-12-28-29-21(32)20(18)22(23,24)25)13-33-9-6-19(31)30-7-4-16(5-8-30)17-3-2-15(10-26)11-27-17/h2-3,11-12,14,16H,4-9,13H2,1H3,(H,29,32)/t14-/m0/s1. The van der Waals surface area contributed by atoms with Crippen molar-refractivity contribution in [2.24, 2.45) is 0 Å². The van der Waals surface area contributed by atoms with Gasteiger partial charge in [0.1, 0.15) is 12.2 Å². The quantitative estimate of drug-likeness (QED) is 0.578. The molecule has 2 aromatic rings. The van der Waals surface area contributed by atoms with Crippen molar-refractivity contribution >= 4 is 5.91 Å². The number of aromatic nitrogens is 3. The Morgan fingerprint density at radius 3 is 2.68 bits per heavy atom.